The second-order valence-corrected chi connectivity index (χ2v) is 5.95. The first-order chi connectivity index (χ1) is 9.05. The molecule has 1 N–H and O–H groups in total. The summed E-state index contributed by atoms with van der Waals surface area (Å²) in [4.78, 5) is 2.38. The molecule has 1 fully saturated rings. The van der Waals surface area contributed by atoms with Crippen LogP contribution < -0.4 is 0 Å². The van der Waals surface area contributed by atoms with Crippen LogP contribution in [0.4, 0.5) is 0 Å². The number of ether oxygens (including phenoxy) is 2. The molecule has 2 atom stereocenters. The highest BCUT2D eigenvalue weighted by molar-refractivity contribution is 4.88. The minimum absolute atomic E-state index is 0.0450. The average Bonchev–Trinajstić information content (AvgIpc) is 2.81. The van der Waals surface area contributed by atoms with Gasteiger partial charge >= 0.3 is 0 Å². The summed E-state index contributed by atoms with van der Waals surface area (Å²) in [5.41, 5.74) is 0.476. The summed E-state index contributed by atoms with van der Waals surface area (Å²) in [5.74, 6) is 0. The Morgan fingerprint density at radius 3 is 2.47 bits per heavy atom. The van der Waals surface area contributed by atoms with Crippen LogP contribution >= 0.6 is 0 Å². The maximum Gasteiger partial charge on any atom is 0.0900 e. The lowest BCUT2D eigenvalue weighted by molar-refractivity contribution is -0.0388. The molecular formula is C15H31NO3. The van der Waals surface area contributed by atoms with Crippen LogP contribution in [-0.4, -0.2) is 62.2 Å². The van der Waals surface area contributed by atoms with E-state index in [1.54, 1.807) is 7.11 Å². The van der Waals surface area contributed by atoms with E-state index in [4.69, 9.17) is 9.47 Å². The van der Waals surface area contributed by atoms with Gasteiger partial charge in [-0.15, -0.1) is 0 Å². The fourth-order valence-corrected chi connectivity index (χ4v) is 2.92. The maximum atomic E-state index is 10.0. The molecule has 1 rings (SSSR count). The Hall–Kier alpha value is -0.160. The van der Waals surface area contributed by atoms with Gasteiger partial charge in [0.05, 0.1) is 25.4 Å². The number of hydrogen-bond donors (Lipinski definition) is 1. The van der Waals surface area contributed by atoms with E-state index in [1.807, 2.05) is 6.92 Å². The summed E-state index contributed by atoms with van der Waals surface area (Å²) < 4.78 is 10.6. The first kappa shape index (κ1) is 16.9. The van der Waals surface area contributed by atoms with Crippen molar-refractivity contribution in [1.29, 1.82) is 0 Å². The highest BCUT2D eigenvalue weighted by atomic mass is 16.5. The Balaban J connectivity index is 2.24. The van der Waals surface area contributed by atoms with E-state index in [2.05, 4.69) is 18.7 Å². The maximum absolute atomic E-state index is 10.0. The number of aliphatic hydroxyl groups is 1. The summed E-state index contributed by atoms with van der Waals surface area (Å²) in [6, 6.07) is 0. The average molecular weight is 273 g/mol. The molecule has 0 aromatic rings. The fourth-order valence-electron chi connectivity index (χ4n) is 2.92. The lowest BCUT2D eigenvalue weighted by Crippen LogP contribution is -2.36. The fraction of sp³-hybridized carbons (Fsp3) is 1.00. The van der Waals surface area contributed by atoms with Gasteiger partial charge in [0.25, 0.3) is 0 Å². The van der Waals surface area contributed by atoms with Gasteiger partial charge in [-0.3, -0.25) is 0 Å². The van der Waals surface area contributed by atoms with Gasteiger partial charge in [0.2, 0.25) is 0 Å². The van der Waals surface area contributed by atoms with Gasteiger partial charge in [0.1, 0.15) is 0 Å². The van der Waals surface area contributed by atoms with Gasteiger partial charge in [0.15, 0.2) is 0 Å². The standard InChI is InChI=1S/C15H31NO3/c1-5-15(6-2)7-8-16(12-15)9-14(17)11-19-13(3)10-18-4/h13-14,17H,5-12H2,1-4H3. The highest BCUT2D eigenvalue weighted by Gasteiger charge is 2.35. The zero-order valence-electron chi connectivity index (χ0n) is 13.0. The zero-order valence-corrected chi connectivity index (χ0v) is 13.0. The lowest BCUT2D eigenvalue weighted by Gasteiger charge is -2.27. The molecule has 1 heterocycles. The summed E-state index contributed by atoms with van der Waals surface area (Å²) in [6.45, 7) is 10.4. The van der Waals surface area contributed by atoms with Crippen molar-refractivity contribution in [3.8, 4) is 0 Å². The molecule has 0 aromatic heterocycles. The number of aliphatic hydroxyl groups excluding tert-OH is 1. The van der Waals surface area contributed by atoms with E-state index in [9.17, 15) is 5.11 Å². The van der Waals surface area contributed by atoms with E-state index in [1.165, 1.54) is 19.3 Å². The second kappa shape index (κ2) is 8.20. The summed E-state index contributed by atoms with van der Waals surface area (Å²) in [6.07, 6.45) is 3.37. The highest BCUT2D eigenvalue weighted by Crippen LogP contribution is 2.36. The van der Waals surface area contributed by atoms with Crippen LogP contribution in [0.15, 0.2) is 0 Å². The van der Waals surface area contributed by atoms with Crippen LogP contribution in [0, 0.1) is 5.41 Å². The van der Waals surface area contributed by atoms with Crippen molar-refractivity contribution in [2.75, 3.05) is 40.0 Å². The third-order valence-electron chi connectivity index (χ3n) is 4.46. The molecule has 0 aromatic carbocycles. The molecule has 2 unspecified atom stereocenters. The van der Waals surface area contributed by atoms with Crippen molar-refractivity contribution in [1.82, 2.24) is 4.90 Å². The molecule has 0 aliphatic carbocycles. The predicted octanol–water partition coefficient (Wildman–Crippen LogP) is 1.91. The van der Waals surface area contributed by atoms with Crippen molar-refractivity contribution < 1.29 is 14.6 Å². The van der Waals surface area contributed by atoms with Gasteiger partial charge in [-0.25, -0.2) is 0 Å². The molecule has 1 aliphatic heterocycles. The molecule has 1 saturated heterocycles. The Labute approximate surface area is 118 Å². The number of nitrogens with zero attached hydrogens (tertiary/aromatic N) is 1. The molecule has 0 bridgehead atoms. The van der Waals surface area contributed by atoms with Crippen LogP contribution in [0.5, 0.6) is 0 Å². The van der Waals surface area contributed by atoms with Crippen molar-refractivity contribution in [2.24, 2.45) is 5.41 Å². The van der Waals surface area contributed by atoms with E-state index < -0.39 is 6.10 Å². The van der Waals surface area contributed by atoms with Crippen molar-refractivity contribution in [3.05, 3.63) is 0 Å². The Bertz CT molecular complexity index is 244. The number of β-amino-alcohol motifs (C(OH)–C–C–N with tert-alkyl or cyclic N) is 1. The van der Waals surface area contributed by atoms with Gasteiger partial charge in [0, 0.05) is 20.2 Å². The molecular weight excluding hydrogens is 242 g/mol. The first-order valence-corrected chi connectivity index (χ1v) is 7.56. The minimum Gasteiger partial charge on any atom is -0.389 e. The summed E-state index contributed by atoms with van der Waals surface area (Å²) in [7, 11) is 1.66. The summed E-state index contributed by atoms with van der Waals surface area (Å²) >= 11 is 0. The van der Waals surface area contributed by atoms with E-state index in [0.717, 1.165) is 19.6 Å². The zero-order chi connectivity index (χ0) is 14.3. The first-order valence-electron chi connectivity index (χ1n) is 7.56. The smallest absolute Gasteiger partial charge is 0.0900 e. The Kier molecular flexibility index (Phi) is 7.29. The SMILES string of the molecule is CCC1(CC)CCN(CC(O)COC(C)COC)C1. The predicted molar refractivity (Wildman–Crippen MR) is 77.4 cm³/mol. The molecule has 0 radical (unpaired) electrons. The van der Waals surface area contributed by atoms with Crippen molar-refractivity contribution in [2.45, 2.75) is 52.2 Å². The molecule has 1 aliphatic rings. The molecule has 4 nitrogen and oxygen atoms in total. The van der Waals surface area contributed by atoms with Crippen LogP contribution in [0.25, 0.3) is 0 Å². The van der Waals surface area contributed by atoms with Gasteiger partial charge < -0.3 is 19.5 Å². The van der Waals surface area contributed by atoms with Gasteiger partial charge in [-0.05, 0) is 38.1 Å². The molecule has 0 amide bonds. The monoisotopic (exact) mass is 273 g/mol. The van der Waals surface area contributed by atoms with Crippen LogP contribution in [0.3, 0.4) is 0 Å². The Morgan fingerprint density at radius 2 is 1.95 bits per heavy atom. The Morgan fingerprint density at radius 1 is 1.26 bits per heavy atom. The number of hydrogen-bond acceptors (Lipinski definition) is 4. The van der Waals surface area contributed by atoms with Crippen LogP contribution in [-0.2, 0) is 9.47 Å². The molecule has 19 heavy (non-hydrogen) atoms. The third kappa shape index (κ3) is 5.38. The van der Waals surface area contributed by atoms with E-state index in [0.29, 0.717) is 18.6 Å². The summed E-state index contributed by atoms with van der Waals surface area (Å²) in [5, 5.41) is 10.0. The third-order valence-corrected chi connectivity index (χ3v) is 4.46. The number of methoxy groups -OCH3 is 1. The quantitative estimate of drug-likeness (QED) is 0.697. The molecule has 114 valence electrons. The lowest BCUT2D eigenvalue weighted by atomic mass is 9.82. The van der Waals surface area contributed by atoms with E-state index in [-0.39, 0.29) is 6.10 Å². The van der Waals surface area contributed by atoms with Crippen molar-refractivity contribution >= 4 is 0 Å². The van der Waals surface area contributed by atoms with Crippen LogP contribution in [0.1, 0.15) is 40.0 Å². The van der Waals surface area contributed by atoms with Gasteiger partial charge in [-0.1, -0.05) is 13.8 Å². The second-order valence-electron chi connectivity index (χ2n) is 5.95. The van der Waals surface area contributed by atoms with Gasteiger partial charge in [-0.2, -0.15) is 0 Å². The van der Waals surface area contributed by atoms with Crippen molar-refractivity contribution in [3.63, 3.8) is 0 Å². The molecule has 0 saturated carbocycles. The number of rotatable bonds is 9. The topological polar surface area (TPSA) is 41.9 Å². The number of likely N-dealkylation sites (tertiary alicyclic amines) is 1. The molecule has 0 spiro atoms. The van der Waals surface area contributed by atoms with Crippen LogP contribution in [0.2, 0.25) is 0 Å². The largest absolute Gasteiger partial charge is 0.389 e. The normalized spacial score (nSPS) is 22.6. The minimum atomic E-state index is -0.399. The van der Waals surface area contributed by atoms with E-state index >= 15 is 0 Å². The molecule has 4 heteroatoms.